The van der Waals surface area contributed by atoms with E-state index in [1.165, 1.54) is 0 Å². The van der Waals surface area contributed by atoms with Crippen LogP contribution in [0.4, 0.5) is 0 Å². The summed E-state index contributed by atoms with van der Waals surface area (Å²) in [6.07, 6.45) is 0. The maximum Gasteiger partial charge on any atom is 0.341 e. The zero-order valence-corrected chi connectivity index (χ0v) is 11.4. The highest BCUT2D eigenvalue weighted by atomic mass is 35.5. The molecule has 0 saturated heterocycles. The van der Waals surface area contributed by atoms with Crippen molar-refractivity contribution in [1.82, 2.24) is 4.98 Å². The second-order valence-electron chi connectivity index (χ2n) is 4.79. The molecule has 0 unspecified atom stereocenters. The Morgan fingerprint density at radius 2 is 1.57 bits per heavy atom. The van der Waals surface area contributed by atoms with Gasteiger partial charge in [-0.3, -0.25) is 0 Å². The number of ether oxygens (including phenoxy) is 2. The van der Waals surface area contributed by atoms with Gasteiger partial charge in [0.05, 0.1) is 22.5 Å². The molecule has 2 aliphatic heterocycles. The monoisotopic (exact) mass is 301 g/mol. The number of hydrogen-bond acceptors (Lipinski definition) is 5. The maximum absolute atomic E-state index is 12.0. The zero-order chi connectivity index (χ0) is 14.6. The van der Waals surface area contributed by atoms with E-state index >= 15 is 0 Å². The molecule has 1 aromatic carbocycles. The van der Waals surface area contributed by atoms with Crippen LogP contribution >= 0.6 is 11.6 Å². The summed E-state index contributed by atoms with van der Waals surface area (Å²) in [5, 5.41) is 0.518. The van der Waals surface area contributed by atoms with Gasteiger partial charge >= 0.3 is 11.9 Å². The number of esters is 2. The molecule has 0 radical (unpaired) electrons. The minimum absolute atomic E-state index is 0.114. The van der Waals surface area contributed by atoms with E-state index < -0.39 is 11.9 Å². The lowest BCUT2D eigenvalue weighted by Crippen LogP contribution is -2.07. The molecule has 6 heteroatoms. The highest BCUT2D eigenvalue weighted by molar-refractivity contribution is 6.31. The Kier molecular flexibility index (Phi) is 2.53. The molecule has 0 amide bonds. The average Bonchev–Trinajstić information content (AvgIpc) is 3.02. The lowest BCUT2D eigenvalue weighted by atomic mass is 9.93. The minimum Gasteiger partial charge on any atom is -0.455 e. The van der Waals surface area contributed by atoms with Crippen LogP contribution < -0.4 is 0 Å². The molecular formula is C15H8ClNO4. The van der Waals surface area contributed by atoms with Gasteiger partial charge in [-0.25, -0.2) is 14.6 Å². The highest BCUT2D eigenvalue weighted by Gasteiger charge is 2.36. The van der Waals surface area contributed by atoms with E-state index in [-0.39, 0.29) is 13.2 Å². The van der Waals surface area contributed by atoms with Gasteiger partial charge in [0.1, 0.15) is 13.2 Å². The number of carbonyl (C=O) groups is 2. The van der Waals surface area contributed by atoms with E-state index in [2.05, 4.69) is 4.98 Å². The van der Waals surface area contributed by atoms with Gasteiger partial charge in [0.25, 0.3) is 0 Å². The second kappa shape index (κ2) is 4.30. The lowest BCUT2D eigenvalue weighted by Gasteiger charge is -2.09. The standard InChI is InChI=1S/C15H8ClNO4/c16-8-3-1-2-7(4-8)11-12-9(5-20-14(12)18)17-10-6-21-15(19)13(10)11/h1-4H,5-6H2. The van der Waals surface area contributed by atoms with E-state index in [1.807, 2.05) is 0 Å². The van der Waals surface area contributed by atoms with Crippen LogP contribution in [0.15, 0.2) is 24.3 Å². The first kappa shape index (κ1) is 12.3. The number of aromatic nitrogens is 1. The largest absolute Gasteiger partial charge is 0.455 e. The Morgan fingerprint density at radius 1 is 0.952 bits per heavy atom. The minimum atomic E-state index is -0.477. The number of benzene rings is 1. The van der Waals surface area contributed by atoms with Gasteiger partial charge in [0.2, 0.25) is 0 Å². The van der Waals surface area contributed by atoms with E-state index in [0.717, 1.165) is 0 Å². The molecule has 2 aliphatic rings. The molecule has 0 aliphatic carbocycles. The fourth-order valence-corrected chi connectivity index (χ4v) is 2.87. The number of hydrogen-bond donors (Lipinski definition) is 0. The van der Waals surface area contributed by atoms with Gasteiger partial charge in [-0.15, -0.1) is 0 Å². The number of carbonyl (C=O) groups excluding carboxylic acids is 2. The molecule has 104 valence electrons. The van der Waals surface area contributed by atoms with Gasteiger partial charge in [-0.2, -0.15) is 0 Å². The highest BCUT2D eigenvalue weighted by Crippen LogP contribution is 2.38. The molecule has 0 N–H and O–H groups in total. The van der Waals surface area contributed by atoms with Crippen LogP contribution in [0.25, 0.3) is 11.1 Å². The third-order valence-electron chi connectivity index (χ3n) is 3.55. The third-order valence-corrected chi connectivity index (χ3v) is 3.78. The van der Waals surface area contributed by atoms with Crippen LogP contribution in [0.1, 0.15) is 32.1 Å². The molecule has 0 bridgehead atoms. The SMILES string of the molecule is O=C1OCc2nc3c(c(-c4cccc(Cl)c4)c21)C(=O)OC3. The number of nitrogens with zero attached hydrogens (tertiary/aromatic N) is 1. The second-order valence-corrected chi connectivity index (χ2v) is 5.23. The maximum atomic E-state index is 12.0. The Morgan fingerprint density at radius 3 is 2.14 bits per heavy atom. The zero-order valence-electron chi connectivity index (χ0n) is 10.7. The molecule has 3 heterocycles. The average molecular weight is 302 g/mol. The Labute approximate surface area is 124 Å². The van der Waals surface area contributed by atoms with Crippen molar-refractivity contribution in [2.75, 3.05) is 0 Å². The Hall–Kier alpha value is -2.40. The third kappa shape index (κ3) is 1.74. The lowest BCUT2D eigenvalue weighted by molar-refractivity contribution is 0.0532. The van der Waals surface area contributed by atoms with Crippen molar-refractivity contribution in [2.24, 2.45) is 0 Å². The molecule has 21 heavy (non-hydrogen) atoms. The van der Waals surface area contributed by atoms with Crippen molar-refractivity contribution in [3.63, 3.8) is 0 Å². The molecule has 5 nitrogen and oxygen atoms in total. The van der Waals surface area contributed by atoms with Crippen molar-refractivity contribution < 1.29 is 19.1 Å². The van der Waals surface area contributed by atoms with E-state index in [9.17, 15) is 9.59 Å². The number of rotatable bonds is 1. The van der Waals surface area contributed by atoms with Gasteiger partial charge in [-0.05, 0) is 17.7 Å². The molecule has 0 atom stereocenters. The van der Waals surface area contributed by atoms with Crippen LogP contribution in [-0.4, -0.2) is 16.9 Å². The normalized spacial score (nSPS) is 15.5. The van der Waals surface area contributed by atoms with Gasteiger partial charge in [0.15, 0.2) is 0 Å². The fraction of sp³-hybridized carbons (Fsp3) is 0.133. The summed E-state index contributed by atoms with van der Waals surface area (Å²) in [6, 6.07) is 6.98. The first-order valence-corrected chi connectivity index (χ1v) is 6.69. The molecule has 0 spiro atoms. The van der Waals surface area contributed by atoms with Crippen LogP contribution in [0.3, 0.4) is 0 Å². The molecule has 2 aromatic rings. The fourth-order valence-electron chi connectivity index (χ4n) is 2.68. The van der Waals surface area contributed by atoms with Crippen molar-refractivity contribution in [1.29, 1.82) is 0 Å². The molecule has 0 saturated carbocycles. The topological polar surface area (TPSA) is 65.5 Å². The number of halogens is 1. The van der Waals surface area contributed by atoms with Crippen LogP contribution in [0, 0.1) is 0 Å². The van der Waals surface area contributed by atoms with Crippen molar-refractivity contribution in [2.45, 2.75) is 13.2 Å². The van der Waals surface area contributed by atoms with Gasteiger partial charge in [-0.1, -0.05) is 23.7 Å². The first-order valence-electron chi connectivity index (χ1n) is 6.31. The number of cyclic esters (lactones) is 2. The molecular weight excluding hydrogens is 294 g/mol. The molecule has 1 aromatic heterocycles. The Balaban J connectivity index is 2.10. The predicted molar refractivity (Wildman–Crippen MR) is 72.9 cm³/mol. The van der Waals surface area contributed by atoms with Crippen molar-refractivity contribution >= 4 is 23.5 Å². The Bertz CT molecular complexity index is 773. The molecule has 4 rings (SSSR count). The summed E-state index contributed by atoms with van der Waals surface area (Å²) in [5.41, 5.74) is 2.90. The van der Waals surface area contributed by atoms with E-state index in [0.29, 0.717) is 38.7 Å². The van der Waals surface area contributed by atoms with Gasteiger partial charge < -0.3 is 9.47 Å². The smallest absolute Gasteiger partial charge is 0.341 e. The first-order chi connectivity index (χ1) is 10.1. The number of pyridine rings is 1. The summed E-state index contributed by atoms with van der Waals surface area (Å²) in [4.78, 5) is 28.3. The number of fused-ring (bicyclic) bond motifs is 2. The molecule has 0 fully saturated rings. The summed E-state index contributed by atoms with van der Waals surface area (Å²) >= 11 is 6.02. The predicted octanol–water partition coefficient (Wildman–Crippen LogP) is 2.74. The van der Waals surface area contributed by atoms with E-state index in [4.69, 9.17) is 21.1 Å². The summed E-state index contributed by atoms with van der Waals surface area (Å²) in [5.74, 6) is -0.954. The summed E-state index contributed by atoms with van der Waals surface area (Å²) < 4.78 is 10.1. The van der Waals surface area contributed by atoms with Crippen molar-refractivity contribution in [3.8, 4) is 11.1 Å². The van der Waals surface area contributed by atoms with Gasteiger partial charge in [0, 0.05) is 10.6 Å². The van der Waals surface area contributed by atoms with Crippen LogP contribution in [-0.2, 0) is 22.7 Å². The van der Waals surface area contributed by atoms with Crippen LogP contribution in [0.5, 0.6) is 0 Å². The summed E-state index contributed by atoms with van der Waals surface area (Å²) in [6.45, 7) is 0.229. The quantitative estimate of drug-likeness (QED) is 0.758. The van der Waals surface area contributed by atoms with Crippen LogP contribution in [0.2, 0.25) is 5.02 Å². The van der Waals surface area contributed by atoms with Crippen molar-refractivity contribution in [3.05, 3.63) is 51.8 Å². The van der Waals surface area contributed by atoms with E-state index in [1.54, 1.807) is 24.3 Å². The summed E-state index contributed by atoms with van der Waals surface area (Å²) in [7, 11) is 0.